The Kier molecular flexibility index (Phi) is 40.5. The number of esters is 1. The molecule has 0 saturated heterocycles. The van der Waals surface area contributed by atoms with Gasteiger partial charge in [-0.1, -0.05) is 122 Å². The Bertz CT molecular complexity index is 736. The second-order valence-electron chi connectivity index (χ2n) is 14.5. The lowest BCUT2D eigenvalue weighted by Gasteiger charge is -2.24. The van der Waals surface area contributed by atoms with Crippen molar-refractivity contribution in [3.8, 4) is 0 Å². The van der Waals surface area contributed by atoms with E-state index in [1.54, 1.807) is 0 Å². The summed E-state index contributed by atoms with van der Waals surface area (Å²) in [6.45, 7) is 10.9. The lowest BCUT2D eigenvalue weighted by Crippen LogP contribution is -2.35. The van der Waals surface area contributed by atoms with Crippen molar-refractivity contribution in [1.82, 2.24) is 4.90 Å². The highest BCUT2D eigenvalue weighted by atomic mass is 16.7. The van der Waals surface area contributed by atoms with Crippen LogP contribution in [0.15, 0.2) is 24.3 Å². The molecule has 1 unspecified atom stereocenters. The summed E-state index contributed by atoms with van der Waals surface area (Å²) >= 11 is 0. The van der Waals surface area contributed by atoms with Crippen molar-refractivity contribution in [1.29, 1.82) is 0 Å². The third-order valence-electron chi connectivity index (χ3n) is 9.40. The van der Waals surface area contributed by atoms with E-state index in [4.69, 9.17) is 14.2 Å². The highest BCUT2D eigenvalue weighted by molar-refractivity contribution is 5.69. The van der Waals surface area contributed by atoms with Gasteiger partial charge in [-0.25, -0.2) is 0 Å². The fourth-order valence-corrected chi connectivity index (χ4v) is 6.22. The zero-order valence-electron chi connectivity index (χ0n) is 34.0. The van der Waals surface area contributed by atoms with E-state index in [0.29, 0.717) is 19.6 Å². The zero-order chi connectivity index (χ0) is 37.3. The second kappa shape index (κ2) is 41.5. The van der Waals surface area contributed by atoms with E-state index in [0.717, 1.165) is 142 Å². The summed E-state index contributed by atoms with van der Waals surface area (Å²) in [4.78, 5) is 14.3. The molecule has 0 aliphatic carbocycles. The number of carbonyl (C=O) groups is 1. The van der Waals surface area contributed by atoms with Crippen molar-refractivity contribution in [3.05, 3.63) is 24.3 Å². The standard InChI is InChI=1S/C44H85NO6/c1-4-7-10-13-16-25-30-37-49-43(48)33-26-19-17-21-28-35-45(40-42(47)41-46)36-29-22-18-20-27-34-44(50-38-31-23-14-11-8-5-2)51-39-32-24-15-12-9-6-3/h8-9,11-12,42,44,46-47H,4-7,10,13-41H2,1-3H3/b11-8-,12-9-. The number of hydrogen-bond donors (Lipinski definition) is 2. The summed E-state index contributed by atoms with van der Waals surface area (Å²) in [5.74, 6) is -0.0466. The number of hydrogen-bond acceptors (Lipinski definition) is 7. The number of aliphatic hydroxyl groups excluding tert-OH is 2. The van der Waals surface area contributed by atoms with Crippen LogP contribution in [0, 0.1) is 0 Å². The van der Waals surface area contributed by atoms with Crippen LogP contribution in [0.3, 0.4) is 0 Å². The van der Waals surface area contributed by atoms with E-state index in [9.17, 15) is 15.0 Å². The maximum atomic E-state index is 12.0. The highest BCUT2D eigenvalue weighted by Crippen LogP contribution is 2.14. The lowest BCUT2D eigenvalue weighted by molar-refractivity contribution is -0.148. The van der Waals surface area contributed by atoms with Crippen LogP contribution in [0.5, 0.6) is 0 Å². The smallest absolute Gasteiger partial charge is 0.305 e. The molecule has 0 bridgehead atoms. The van der Waals surface area contributed by atoms with Crippen molar-refractivity contribution >= 4 is 5.97 Å². The normalized spacial score (nSPS) is 12.7. The van der Waals surface area contributed by atoms with Gasteiger partial charge in [-0.15, -0.1) is 0 Å². The van der Waals surface area contributed by atoms with Gasteiger partial charge in [-0.3, -0.25) is 4.79 Å². The monoisotopic (exact) mass is 724 g/mol. The number of rotatable bonds is 41. The molecular formula is C44H85NO6. The van der Waals surface area contributed by atoms with Crippen LogP contribution in [0.1, 0.15) is 194 Å². The first-order valence-corrected chi connectivity index (χ1v) is 21.8. The van der Waals surface area contributed by atoms with E-state index in [1.165, 1.54) is 51.4 Å². The van der Waals surface area contributed by atoms with E-state index in [2.05, 4.69) is 50.0 Å². The largest absolute Gasteiger partial charge is 0.466 e. The summed E-state index contributed by atoms with van der Waals surface area (Å²) in [5.41, 5.74) is 0. The molecule has 7 heteroatoms. The second-order valence-corrected chi connectivity index (χ2v) is 14.5. The molecule has 0 aromatic carbocycles. The van der Waals surface area contributed by atoms with Gasteiger partial charge in [-0.2, -0.15) is 0 Å². The summed E-state index contributed by atoms with van der Waals surface area (Å²) in [5, 5.41) is 19.5. The molecule has 0 spiro atoms. The number of aliphatic hydroxyl groups is 2. The van der Waals surface area contributed by atoms with Gasteiger partial charge in [0.15, 0.2) is 6.29 Å². The van der Waals surface area contributed by atoms with Gasteiger partial charge in [0.05, 0.1) is 19.3 Å². The Labute approximate surface area is 316 Å². The van der Waals surface area contributed by atoms with Crippen molar-refractivity contribution in [2.75, 3.05) is 46.1 Å². The van der Waals surface area contributed by atoms with Crippen LogP contribution in [-0.4, -0.2) is 79.5 Å². The van der Waals surface area contributed by atoms with Gasteiger partial charge in [-0.05, 0) is 103 Å². The fourth-order valence-electron chi connectivity index (χ4n) is 6.22. The van der Waals surface area contributed by atoms with Crippen molar-refractivity contribution in [2.45, 2.75) is 207 Å². The molecule has 0 aliphatic rings. The molecule has 0 aromatic heterocycles. The zero-order valence-corrected chi connectivity index (χ0v) is 34.0. The maximum Gasteiger partial charge on any atom is 0.305 e. The first-order chi connectivity index (χ1) is 25.1. The number of allylic oxidation sites excluding steroid dienone is 4. The summed E-state index contributed by atoms with van der Waals surface area (Å²) in [7, 11) is 0. The average molecular weight is 724 g/mol. The Morgan fingerprint density at radius 1 is 0.588 bits per heavy atom. The fraction of sp³-hybridized carbons (Fsp3) is 0.886. The Morgan fingerprint density at radius 2 is 1.08 bits per heavy atom. The quantitative estimate of drug-likeness (QED) is 0.0281. The molecule has 0 heterocycles. The number of nitrogens with zero attached hydrogens (tertiary/aromatic N) is 1. The predicted octanol–water partition coefficient (Wildman–Crippen LogP) is 11.2. The van der Waals surface area contributed by atoms with Crippen LogP contribution < -0.4 is 0 Å². The average Bonchev–Trinajstić information content (AvgIpc) is 3.13. The summed E-state index contributed by atoms with van der Waals surface area (Å²) < 4.78 is 17.8. The molecule has 51 heavy (non-hydrogen) atoms. The summed E-state index contributed by atoms with van der Waals surface area (Å²) in [6, 6.07) is 0. The van der Waals surface area contributed by atoms with Crippen LogP contribution >= 0.6 is 0 Å². The van der Waals surface area contributed by atoms with Crippen LogP contribution in [-0.2, 0) is 19.0 Å². The molecule has 0 fully saturated rings. The predicted molar refractivity (Wildman–Crippen MR) is 216 cm³/mol. The van der Waals surface area contributed by atoms with Crippen LogP contribution in [0.4, 0.5) is 0 Å². The van der Waals surface area contributed by atoms with Crippen molar-refractivity contribution in [3.63, 3.8) is 0 Å². The minimum Gasteiger partial charge on any atom is -0.466 e. The topological polar surface area (TPSA) is 88.5 Å². The molecule has 2 N–H and O–H groups in total. The maximum absolute atomic E-state index is 12.0. The number of ether oxygens (including phenoxy) is 3. The Hall–Kier alpha value is -1.25. The van der Waals surface area contributed by atoms with Crippen LogP contribution in [0.25, 0.3) is 0 Å². The molecule has 0 saturated carbocycles. The van der Waals surface area contributed by atoms with Gasteiger partial charge in [0.25, 0.3) is 0 Å². The van der Waals surface area contributed by atoms with E-state index in [-0.39, 0.29) is 18.9 Å². The Morgan fingerprint density at radius 3 is 1.63 bits per heavy atom. The van der Waals surface area contributed by atoms with Gasteiger partial charge in [0.1, 0.15) is 0 Å². The van der Waals surface area contributed by atoms with Gasteiger partial charge in [0.2, 0.25) is 0 Å². The van der Waals surface area contributed by atoms with Gasteiger partial charge in [0, 0.05) is 26.2 Å². The third kappa shape index (κ3) is 38.3. The molecule has 0 amide bonds. The van der Waals surface area contributed by atoms with Gasteiger partial charge >= 0.3 is 5.97 Å². The van der Waals surface area contributed by atoms with E-state index >= 15 is 0 Å². The van der Waals surface area contributed by atoms with Crippen LogP contribution in [0.2, 0.25) is 0 Å². The third-order valence-corrected chi connectivity index (χ3v) is 9.40. The number of carbonyl (C=O) groups excluding carboxylic acids is 1. The molecule has 0 radical (unpaired) electrons. The molecule has 0 rings (SSSR count). The van der Waals surface area contributed by atoms with Crippen molar-refractivity contribution in [2.24, 2.45) is 0 Å². The van der Waals surface area contributed by atoms with E-state index in [1.807, 2.05) is 0 Å². The summed E-state index contributed by atoms with van der Waals surface area (Å²) in [6.07, 6.45) is 38.3. The minimum atomic E-state index is -0.686. The molecule has 7 nitrogen and oxygen atoms in total. The Balaban J connectivity index is 4.15. The number of unbranched alkanes of at least 4 members (excludes halogenated alkanes) is 18. The van der Waals surface area contributed by atoms with Gasteiger partial charge < -0.3 is 29.3 Å². The molecule has 0 aliphatic heterocycles. The minimum absolute atomic E-state index is 0.0466. The molecule has 0 aromatic rings. The lowest BCUT2D eigenvalue weighted by atomic mass is 10.1. The first-order valence-electron chi connectivity index (χ1n) is 21.8. The first kappa shape index (κ1) is 49.8. The van der Waals surface area contributed by atoms with E-state index < -0.39 is 6.10 Å². The highest BCUT2D eigenvalue weighted by Gasteiger charge is 2.12. The van der Waals surface area contributed by atoms with Crippen molar-refractivity contribution < 1.29 is 29.2 Å². The molecule has 302 valence electrons. The molecule has 1 atom stereocenters. The molecular weight excluding hydrogens is 638 g/mol. The SMILES string of the molecule is CC/C=C\CCCCOC(CCCCCCCN(CCCCCCCC(=O)OCCCCCCCCC)CC(O)CO)OCCCC/C=C\CC.